The van der Waals surface area contributed by atoms with Crippen LogP contribution >= 0.6 is 11.3 Å². The number of hydrogen-bond donors (Lipinski definition) is 1. The molecule has 0 aliphatic rings. The summed E-state index contributed by atoms with van der Waals surface area (Å²) in [5, 5.41) is 5.74. The summed E-state index contributed by atoms with van der Waals surface area (Å²) in [6, 6.07) is 16.1. The molecule has 0 radical (unpaired) electrons. The molecule has 21 heavy (non-hydrogen) atoms. The van der Waals surface area contributed by atoms with E-state index in [1.165, 1.54) is 10.4 Å². The van der Waals surface area contributed by atoms with E-state index in [0.717, 1.165) is 19.5 Å². The van der Waals surface area contributed by atoms with Gasteiger partial charge in [-0.3, -0.25) is 4.90 Å². The Kier molecular flexibility index (Phi) is 6.43. The van der Waals surface area contributed by atoms with Gasteiger partial charge in [0.1, 0.15) is 0 Å². The van der Waals surface area contributed by atoms with Gasteiger partial charge in [-0.1, -0.05) is 50.2 Å². The first-order valence-electron chi connectivity index (χ1n) is 7.67. The Bertz CT molecular complexity index is 493. The van der Waals surface area contributed by atoms with Gasteiger partial charge in [0.25, 0.3) is 0 Å². The van der Waals surface area contributed by atoms with Crippen molar-refractivity contribution in [3.05, 3.63) is 58.3 Å². The standard InChI is InChI=1S/C18H26N2S/c1-15(2)19-14-18(16-8-5-4-6-9-16)20(3)12-11-17-10-7-13-21-17/h4-10,13,15,18-19H,11-12,14H2,1-3H3. The molecular weight excluding hydrogens is 276 g/mol. The van der Waals surface area contributed by atoms with Crippen molar-refractivity contribution >= 4 is 11.3 Å². The van der Waals surface area contributed by atoms with E-state index in [9.17, 15) is 0 Å². The number of thiophene rings is 1. The fraction of sp³-hybridized carbons (Fsp3) is 0.444. The average molecular weight is 302 g/mol. The van der Waals surface area contributed by atoms with Crippen LogP contribution in [-0.4, -0.2) is 31.1 Å². The fourth-order valence-electron chi connectivity index (χ4n) is 2.45. The molecule has 0 aliphatic heterocycles. The first kappa shape index (κ1) is 16.2. The summed E-state index contributed by atoms with van der Waals surface area (Å²) in [6.07, 6.45) is 1.12. The first-order valence-corrected chi connectivity index (χ1v) is 8.55. The maximum Gasteiger partial charge on any atom is 0.0469 e. The summed E-state index contributed by atoms with van der Waals surface area (Å²) in [6.45, 7) is 6.48. The monoisotopic (exact) mass is 302 g/mol. The molecule has 1 aromatic carbocycles. The van der Waals surface area contributed by atoms with Crippen molar-refractivity contribution in [2.75, 3.05) is 20.1 Å². The zero-order valence-corrected chi connectivity index (χ0v) is 14.1. The summed E-state index contributed by atoms with van der Waals surface area (Å²) in [5.74, 6) is 0. The predicted octanol–water partition coefficient (Wildman–Crippen LogP) is 3.96. The Balaban J connectivity index is 1.99. The highest BCUT2D eigenvalue weighted by Gasteiger charge is 2.17. The topological polar surface area (TPSA) is 15.3 Å². The molecule has 2 nitrogen and oxygen atoms in total. The zero-order chi connectivity index (χ0) is 15.1. The average Bonchev–Trinajstić information content (AvgIpc) is 2.99. The molecule has 1 N–H and O–H groups in total. The molecule has 0 fully saturated rings. The van der Waals surface area contributed by atoms with Crippen molar-refractivity contribution in [2.45, 2.75) is 32.4 Å². The second-order valence-corrected chi connectivity index (χ2v) is 6.83. The molecule has 2 rings (SSSR count). The summed E-state index contributed by atoms with van der Waals surface area (Å²) in [5.41, 5.74) is 1.39. The van der Waals surface area contributed by atoms with Gasteiger partial charge in [0.2, 0.25) is 0 Å². The summed E-state index contributed by atoms with van der Waals surface area (Å²) in [4.78, 5) is 3.93. The van der Waals surface area contributed by atoms with Crippen LogP contribution in [0.5, 0.6) is 0 Å². The third-order valence-corrected chi connectivity index (χ3v) is 4.66. The minimum Gasteiger partial charge on any atom is -0.313 e. The lowest BCUT2D eigenvalue weighted by atomic mass is 10.0. The Morgan fingerprint density at radius 3 is 2.48 bits per heavy atom. The Hall–Kier alpha value is -1.16. The lowest BCUT2D eigenvalue weighted by molar-refractivity contribution is 0.237. The molecule has 1 heterocycles. The molecule has 114 valence electrons. The first-order chi connectivity index (χ1) is 10.2. The van der Waals surface area contributed by atoms with Crippen molar-refractivity contribution in [3.8, 4) is 0 Å². The minimum absolute atomic E-state index is 0.425. The molecule has 0 amide bonds. The van der Waals surface area contributed by atoms with Gasteiger partial charge in [0, 0.05) is 30.1 Å². The van der Waals surface area contributed by atoms with Crippen molar-refractivity contribution in [2.24, 2.45) is 0 Å². The fourth-order valence-corrected chi connectivity index (χ4v) is 3.15. The molecule has 0 bridgehead atoms. The largest absolute Gasteiger partial charge is 0.313 e. The van der Waals surface area contributed by atoms with Crippen molar-refractivity contribution in [1.82, 2.24) is 10.2 Å². The van der Waals surface area contributed by atoms with Crippen LogP contribution in [-0.2, 0) is 6.42 Å². The Morgan fingerprint density at radius 2 is 1.86 bits per heavy atom. The van der Waals surface area contributed by atoms with E-state index in [4.69, 9.17) is 0 Å². The second-order valence-electron chi connectivity index (χ2n) is 5.80. The number of hydrogen-bond acceptors (Lipinski definition) is 3. The number of rotatable bonds is 8. The lowest BCUT2D eigenvalue weighted by Gasteiger charge is -2.29. The van der Waals surface area contributed by atoms with Crippen molar-refractivity contribution < 1.29 is 0 Å². The summed E-state index contributed by atoms with van der Waals surface area (Å²) >= 11 is 1.85. The van der Waals surface area contributed by atoms with E-state index in [0.29, 0.717) is 12.1 Å². The van der Waals surface area contributed by atoms with Gasteiger partial charge in [-0.05, 0) is 30.5 Å². The van der Waals surface area contributed by atoms with Crippen LogP contribution in [0, 0.1) is 0 Å². The number of nitrogens with one attached hydrogen (secondary N) is 1. The van der Waals surface area contributed by atoms with Crippen molar-refractivity contribution in [1.29, 1.82) is 0 Å². The number of likely N-dealkylation sites (N-methyl/N-ethyl adjacent to an activating group) is 1. The number of benzene rings is 1. The molecule has 0 aliphatic carbocycles. The van der Waals surface area contributed by atoms with Crippen LogP contribution in [0.15, 0.2) is 47.8 Å². The molecule has 0 saturated heterocycles. The van der Waals surface area contributed by atoms with Crippen LogP contribution in [0.4, 0.5) is 0 Å². The van der Waals surface area contributed by atoms with Crippen LogP contribution in [0.25, 0.3) is 0 Å². The molecule has 2 aromatic rings. The van der Waals surface area contributed by atoms with Crippen LogP contribution in [0.3, 0.4) is 0 Å². The van der Waals surface area contributed by atoms with Gasteiger partial charge >= 0.3 is 0 Å². The van der Waals surface area contributed by atoms with E-state index in [-0.39, 0.29) is 0 Å². The predicted molar refractivity (Wildman–Crippen MR) is 93.0 cm³/mol. The third kappa shape index (κ3) is 5.27. The van der Waals surface area contributed by atoms with Crippen LogP contribution in [0.2, 0.25) is 0 Å². The molecule has 0 spiro atoms. The third-order valence-electron chi connectivity index (χ3n) is 3.73. The summed E-state index contributed by atoms with van der Waals surface area (Å²) in [7, 11) is 2.23. The van der Waals surface area contributed by atoms with Gasteiger partial charge in [0.15, 0.2) is 0 Å². The van der Waals surface area contributed by atoms with E-state index >= 15 is 0 Å². The summed E-state index contributed by atoms with van der Waals surface area (Å²) < 4.78 is 0. The highest BCUT2D eigenvalue weighted by atomic mass is 32.1. The normalized spacial score (nSPS) is 13.0. The second kappa shape index (κ2) is 8.32. The maximum atomic E-state index is 3.58. The lowest BCUT2D eigenvalue weighted by Crippen LogP contribution is -2.37. The molecule has 1 aromatic heterocycles. The molecule has 3 heteroatoms. The van der Waals surface area contributed by atoms with E-state index < -0.39 is 0 Å². The van der Waals surface area contributed by atoms with Gasteiger partial charge in [-0.2, -0.15) is 0 Å². The van der Waals surface area contributed by atoms with Crippen LogP contribution in [0.1, 0.15) is 30.3 Å². The molecular formula is C18H26N2S. The van der Waals surface area contributed by atoms with Gasteiger partial charge in [-0.15, -0.1) is 11.3 Å². The Morgan fingerprint density at radius 1 is 1.10 bits per heavy atom. The quantitative estimate of drug-likeness (QED) is 0.794. The highest BCUT2D eigenvalue weighted by molar-refractivity contribution is 7.09. The zero-order valence-electron chi connectivity index (χ0n) is 13.3. The van der Waals surface area contributed by atoms with E-state index in [2.05, 4.69) is 79.0 Å². The van der Waals surface area contributed by atoms with E-state index in [1.54, 1.807) is 0 Å². The smallest absolute Gasteiger partial charge is 0.0469 e. The van der Waals surface area contributed by atoms with Gasteiger partial charge < -0.3 is 5.32 Å². The SMILES string of the molecule is CC(C)NCC(c1ccccc1)N(C)CCc1cccs1. The molecule has 0 saturated carbocycles. The minimum atomic E-state index is 0.425. The van der Waals surface area contributed by atoms with Gasteiger partial charge in [-0.25, -0.2) is 0 Å². The maximum absolute atomic E-state index is 3.58. The molecule has 1 atom stereocenters. The number of nitrogens with zero attached hydrogens (tertiary/aromatic N) is 1. The van der Waals surface area contributed by atoms with Gasteiger partial charge in [0.05, 0.1) is 0 Å². The van der Waals surface area contributed by atoms with Crippen LogP contribution < -0.4 is 5.32 Å². The van der Waals surface area contributed by atoms with Crippen molar-refractivity contribution in [3.63, 3.8) is 0 Å². The van der Waals surface area contributed by atoms with E-state index in [1.807, 2.05) is 11.3 Å². The molecule has 1 unspecified atom stereocenters. The highest BCUT2D eigenvalue weighted by Crippen LogP contribution is 2.20. The Labute approximate surface area is 132 Å².